The summed E-state index contributed by atoms with van der Waals surface area (Å²) in [7, 11) is 0. The van der Waals surface area contributed by atoms with Crippen LogP contribution in [0.1, 0.15) is 11.1 Å². The van der Waals surface area contributed by atoms with Crippen LogP contribution in [-0.4, -0.2) is 11.1 Å². The van der Waals surface area contributed by atoms with Crippen molar-refractivity contribution in [3.8, 4) is 11.3 Å². The average molecular weight is 224 g/mol. The van der Waals surface area contributed by atoms with Crippen molar-refractivity contribution in [1.29, 1.82) is 0 Å². The molecule has 0 spiro atoms. The molecular weight excluding hydrogens is 212 g/mol. The van der Waals surface area contributed by atoms with Crippen LogP contribution in [0.4, 0.5) is 5.69 Å². The Balaban J connectivity index is 2.62. The number of aromatic nitrogens is 1. The van der Waals surface area contributed by atoms with Gasteiger partial charge in [-0.1, -0.05) is 23.8 Å². The summed E-state index contributed by atoms with van der Waals surface area (Å²) in [5.74, 6) is 0. The van der Waals surface area contributed by atoms with Gasteiger partial charge in [-0.2, -0.15) is 4.99 Å². The standard InChI is InChI=1S/C14H12N2O/c1-10-4-3-5-12(6-10)14-13(16-9-17)7-11(2)8-15-14/h3-8H,1-2H3. The molecule has 0 fully saturated rings. The Morgan fingerprint density at radius 2 is 2.00 bits per heavy atom. The lowest BCUT2D eigenvalue weighted by atomic mass is 10.1. The molecule has 0 aliphatic rings. The van der Waals surface area contributed by atoms with Gasteiger partial charge in [-0.25, -0.2) is 4.79 Å². The zero-order valence-electron chi connectivity index (χ0n) is 9.77. The van der Waals surface area contributed by atoms with Gasteiger partial charge < -0.3 is 0 Å². The average Bonchev–Trinajstić information content (AvgIpc) is 2.29. The molecule has 2 rings (SSSR count). The quantitative estimate of drug-likeness (QED) is 0.580. The lowest BCUT2D eigenvalue weighted by molar-refractivity contribution is 0.565. The smallest absolute Gasteiger partial charge is 0.240 e. The SMILES string of the molecule is Cc1cccc(-c2ncc(C)cc2N=C=O)c1. The molecule has 3 nitrogen and oxygen atoms in total. The van der Waals surface area contributed by atoms with Crippen molar-refractivity contribution in [3.63, 3.8) is 0 Å². The van der Waals surface area contributed by atoms with E-state index in [1.54, 1.807) is 12.3 Å². The fourth-order valence-electron chi connectivity index (χ4n) is 1.70. The number of benzene rings is 1. The minimum absolute atomic E-state index is 0.561. The number of carbonyl (C=O) groups excluding carboxylic acids is 1. The van der Waals surface area contributed by atoms with E-state index in [4.69, 9.17) is 0 Å². The zero-order chi connectivity index (χ0) is 12.3. The Morgan fingerprint density at radius 1 is 1.18 bits per heavy atom. The molecule has 1 heterocycles. The van der Waals surface area contributed by atoms with Gasteiger partial charge in [-0.05, 0) is 31.5 Å². The molecular formula is C14H12N2O. The summed E-state index contributed by atoms with van der Waals surface area (Å²) in [5, 5.41) is 0. The third-order valence-electron chi connectivity index (χ3n) is 2.46. The molecule has 3 heteroatoms. The van der Waals surface area contributed by atoms with E-state index >= 15 is 0 Å². The monoisotopic (exact) mass is 224 g/mol. The van der Waals surface area contributed by atoms with E-state index < -0.39 is 0 Å². The van der Waals surface area contributed by atoms with Crippen molar-refractivity contribution in [1.82, 2.24) is 4.98 Å². The molecule has 17 heavy (non-hydrogen) atoms. The lowest BCUT2D eigenvalue weighted by Gasteiger charge is -2.05. The van der Waals surface area contributed by atoms with E-state index in [1.165, 1.54) is 0 Å². The Hall–Kier alpha value is -2.25. The fraction of sp³-hybridized carbons (Fsp3) is 0.143. The molecule has 84 valence electrons. The molecule has 0 amide bonds. The minimum atomic E-state index is 0.561. The van der Waals surface area contributed by atoms with Gasteiger partial charge >= 0.3 is 0 Å². The van der Waals surface area contributed by atoms with Crippen LogP contribution < -0.4 is 0 Å². The van der Waals surface area contributed by atoms with Gasteiger partial charge in [0.25, 0.3) is 0 Å². The summed E-state index contributed by atoms with van der Waals surface area (Å²) < 4.78 is 0. The van der Waals surface area contributed by atoms with Crippen molar-refractivity contribution in [2.75, 3.05) is 0 Å². The molecule has 1 aromatic carbocycles. The summed E-state index contributed by atoms with van der Waals surface area (Å²) in [5.41, 5.74) is 4.34. The Morgan fingerprint density at radius 3 is 2.71 bits per heavy atom. The zero-order valence-corrected chi connectivity index (χ0v) is 9.77. The van der Waals surface area contributed by atoms with Crippen molar-refractivity contribution in [2.24, 2.45) is 4.99 Å². The first-order valence-corrected chi connectivity index (χ1v) is 5.32. The predicted octanol–water partition coefficient (Wildman–Crippen LogP) is 3.33. The number of isocyanates is 1. The van der Waals surface area contributed by atoms with Crippen molar-refractivity contribution in [3.05, 3.63) is 47.7 Å². The maximum absolute atomic E-state index is 10.4. The van der Waals surface area contributed by atoms with Crippen LogP contribution in [-0.2, 0) is 4.79 Å². The van der Waals surface area contributed by atoms with Crippen molar-refractivity contribution < 1.29 is 4.79 Å². The van der Waals surface area contributed by atoms with Gasteiger partial charge in [-0.3, -0.25) is 4.98 Å². The van der Waals surface area contributed by atoms with E-state index in [1.807, 2.05) is 44.2 Å². The molecule has 1 aromatic heterocycles. The molecule has 0 aliphatic heterocycles. The van der Waals surface area contributed by atoms with E-state index in [9.17, 15) is 4.79 Å². The number of aliphatic imine (C=N–C) groups is 1. The van der Waals surface area contributed by atoms with Crippen LogP contribution in [0.25, 0.3) is 11.3 Å². The summed E-state index contributed by atoms with van der Waals surface area (Å²) in [6.07, 6.45) is 3.34. The first kappa shape index (κ1) is 11.2. The number of hydrogen-bond donors (Lipinski definition) is 0. The largest absolute Gasteiger partial charge is 0.254 e. The normalized spacial score (nSPS) is 9.76. The van der Waals surface area contributed by atoms with E-state index in [0.717, 1.165) is 16.7 Å². The van der Waals surface area contributed by atoms with Crippen LogP contribution in [0, 0.1) is 13.8 Å². The molecule has 0 saturated carbocycles. The third kappa shape index (κ3) is 2.47. The van der Waals surface area contributed by atoms with Gasteiger partial charge in [0.1, 0.15) is 5.69 Å². The van der Waals surface area contributed by atoms with Gasteiger partial charge in [-0.15, -0.1) is 0 Å². The molecule has 2 aromatic rings. The predicted molar refractivity (Wildman–Crippen MR) is 66.9 cm³/mol. The Kier molecular flexibility index (Phi) is 3.12. The molecule has 0 aliphatic carbocycles. The Labute approximate surface area is 99.9 Å². The maximum atomic E-state index is 10.4. The first-order valence-electron chi connectivity index (χ1n) is 5.32. The van der Waals surface area contributed by atoms with Crippen LogP contribution >= 0.6 is 0 Å². The van der Waals surface area contributed by atoms with E-state index in [2.05, 4.69) is 9.98 Å². The Bertz CT molecular complexity index is 599. The second kappa shape index (κ2) is 4.73. The summed E-state index contributed by atoms with van der Waals surface area (Å²) in [6, 6.07) is 9.77. The van der Waals surface area contributed by atoms with Crippen LogP contribution in [0.5, 0.6) is 0 Å². The number of rotatable bonds is 2. The minimum Gasteiger partial charge on any atom is -0.254 e. The second-order valence-corrected chi connectivity index (χ2v) is 3.95. The van der Waals surface area contributed by atoms with Crippen LogP contribution in [0.15, 0.2) is 41.5 Å². The number of nitrogens with zero attached hydrogens (tertiary/aromatic N) is 2. The molecule has 0 radical (unpaired) electrons. The first-order chi connectivity index (χ1) is 8.20. The fourth-order valence-corrected chi connectivity index (χ4v) is 1.70. The summed E-state index contributed by atoms with van der Waals surface area (Å²) in [6.45, 7) is 3.93. The third-order valence-corrected chi connectivity index (χ3v) is 2.46. The maximum Gasteiger partial charge on any atom is 0.240 e. The highest BCUT2D eigenvalue weighted by atomic mass is 16.1. The molecule has 0 bridgehead atoms. The van der Waals surface area contributed by atoms with Crippen LogP contribution in [0.2, 0.25) is 0 Å². The highest BCUT2D eigenvalue weighted by Gasteiger charge is 2.06. The van der Waals surface area contributed by atoms with Gasteiger partial charge in [0.15, 0.2) is 0 Å². The van der Waals surface area contributed by atoms with Gasteiger partial charge in [0.05, 0.1) is 5.69 Å². The van der Waals surface area contributed by atoms with Crippen molar-refractivity contribution >= 4 is 11.8 Å². The van der Waals surface area contributed by atoms with E-state index in [0.29, 0.717) is 11.4 Å². The summed E-state index contributed by atoms with van der Waals surface area (Å²) >= 11 is 0. The second-order valence-electron chi connectivity index (χ2n) is 3.95. The molecule has 0 unspecified atom stereocenters. The van der Waals surface area contributed by atoms with E-state index in [-0.39, 0.29) is 0 Å². The van der Waals surface area contributed by atoms with Crippen LogP contribution in [0.3, 0.4) is 0 Å². The lowest BCUT2D eigenvalue weighted by Crippen LogP contribution is -1.86. The van der Waals surface area contributed by atoms with Gasteiger partial charge in [0.2, 0.25) is 6.08 Å². The number of pyridine rings is 1. The number of hydrogen-bond acceptors (Lipinski definition) is 3. The molecule has 0 atom stereocenters. The number of aryl methyl sites for hydroxylation is 2. The van der Waals surface area contributed by atoms with Crippen molar-refractivity contribution in [2.45, 2.75) is 13.8 Å². The van der Waals surface area contributed by atoms with Gasteiger partial charge in [0, 0.05) is 11.8 Å². The highest BCUT2D eigenvalue weighted by Crippen LogP contribution is 2.28. The topological polar surface area (TPSA) is 42.3 Å². The summed E-state index contributed by atoms with van der Waals surface area (Å²) in [4.78, 5) is 18.5. The molecule has 0 saturated heterocycles. The highest BCUT2D eigenvalue weighted by molar-refractivity contribution is 5.74. The molecule has 0 N–H and O–H groups in total.